The molecule has 1 atom stereocenters. The summed E-state index contributed by atoms with van der Waals surface area (Å²) in [6.45, 7) is 7.41. The standard InChI is InChI=1S/C16H26N4O/c1-12(2)20-8-7-13(11-20)9-18-16(21)14-5-6-15(17-10-14)19(3)4/h5-6,10,12-13H,7-9,11H2,1-4H3,(H,18,21)/t13-/m0/s1. The van der Waals surface area contributed by atoms with Gasteiger partial charge in [0.05, 0.1) is 5.56 Å². The topological polar surface area (TPSA) is 48.5 Å². The maximum atomic E-state index is 12.1. The molecule has 5 nitrogen and oxygen atoms in total. The zero-order valence-electron chi connectivity index (χ0n) is 13.5. The highest BCUT2D eigenvalue weighted by Crippen LogP contribution is 2.17. The van der Waals surface area contributed by atoms with E-state index >= 15 is 0 Å². The largest absolute Gasteiger partial charge is 0.363 e. The van der Waals surface area contributed by atoms with E-state index in [9.17, 15) is 4.79 Å². The van der Waals surface area contributed by atoms with Crippen LogP contribution in [0.4, 0.5) is 5.82 Å². The second-order valence-corrected chi connectivity index (χ2v) is 6.25. The Bertz CT molecular complexity index is 470. The van der Waals surface area contributed by atoms with Crippen LogP contribution < -0.4 is 10.2 Å². The van der Waals surface area contributed by atoms with Crippen LogP contribution >= 0.6 is 0 Å². The van der Waals surface area contributed by atoms with Crippen molar-refractivity contribution in [3.05, 3.63) is 23.9 Å². The molecule has 2 heterocycles. The lowest BCUT2D eigenvalue weighted by Gasteiger charge is -2.20. The van der Waals surface area contributed by atoms with Gasteiger partial charge in [0, 0.05) is 39.4 Å². The fourth-order valence-corrected chi connectivity index (χ4v) is 2.62. The van der Waals surface area contributed by atoms with Gasteiger partial charge in [0.1, 0.15) is 5.82 Å². The van der Waals surface area contributed by atoms with Crippen LogP contribution in [0.1, 0.15) is 30.6 Å². The Hall–Kier alpha value is -1.62. The third kappa shape index (κ3) is 4.17. The average molecular weight is 290 g/mol. The molecule has 1 aliphatic rings. The number of nitrogens with zero attached hydrogens (tertiary/aromatic N) is 3. The van der Waals surface area contributed by atoms with Gasteiger partial charge in [0.2, 0.25) is 0 Å². The third-order valence-electron chi connectivity index (χ3n) is 4.07. The normalized spacial score (nSPS) is 19.0. The summed E-state index contributed by atoms with van der Waals surface area (Å²) < 4.78 is 0. The van der Waals surface area contributed by atoms with Gasteiger partial charge in [-0.25, -0.2) is 4.98 Å². The Morgan fingerprint density at radius 2 is 2.24 bits per heavy atom. The number of pyridine rings is 1. The third-order valence-corrected chi connectivity index (χ3v) is 4.07. The van der Waals surface area contributed by atoms with Crippen molar-refractivity contribution in [3.8, 4) is 0 Å². The first-order valence-corrected chi connectivity index (χ1v) is 7.63. The minimum absolute atomic E-state index is 0.0317. The molecule has 21 heavy (non-hydrogen) atoms. The maximum absolute atomic E-state index is 12.1. The van der Waals surface area contributed by atoms with E-state index in [2.05, 4.69) is 29.0 Å². The molecule has 1 aliphatic heterocycles. The predicted octanol–water partition coefficient (Wildman–Crippen LogP) is 1.61. The molecule has 0 bridgehead atoms. The highest BCUT2D eigenvalue weighted by Gasteiger charge is 2.24. The van der Waals surface area contributed by atoms with Crippen molar-refractivity contribution in [2.24, 2.45) is 5.92 Å². The fourth-order valence-electron chi connectivity index (χ4n) is 2.62. The van der Waals surface area contributed by atoms with Gasteiger partial charge in [0.25, 0.3) is 5.91 Å². The van der Waals surface area contributed by atoms with E-state index < -0.39 is 0 Å². The predicted molar refractivity (Wildman–Crippen MR) is 85.7 cm³/mol. The van der Waals surface area contributed by atoms with Crippen molar-refractivity contribution in [2.75, 3.05) is 38.6 Å². The van der Waals surface area contributed by atoms with Gasteiger partial charge in [-0.05, 0) is 44.9 Å². The minimum Gasteiger partial charge on any atom is -0.363 e. The van der Waals surface area contributed by atoms with E-state index in [1.54, 1.807) is 6.20 Å². The molecule has 0 aromatic carbocycles. The average Bonchev–Trinajstić information content (AvgIpc) is 2.94. The molecule has 5 heteroatoms. The molecule has 0 aliphatic carbocycles. The number of anilines is 1. The Balaban J connectivity index is 1.82. The first-order valence-electron chi connectivity index (χ1n) is 7.63. The molecule has 116 valence electrons. The van der Waals surface area contributed by atoms with E-state index in [0.29, 0.717) is 17.5 Å². The van der Waals surface area contributed by atoms with Gasteiger partial charge in [0.15, 0.2) is 0 Å². The Kier molecular flexibility index (Phi) is 5.17. The molecule has 1 aromatic rings. The van der Waals surface area contributed by atoms with Crippen molar-refractivity contribution in [3.63, 3.8) is 0 Å². The van der Waals surface area contributed by atoms with E-state index in [1.165, 1.54) is 0 Å². The summed E-state index contributed by atoms with van der Waals surface area (Å²) >= 11 is 0. The highest BCUT2D eigenvalue weighted by atomic mass is 16.1. The quantitative estimate of drug-likeness (QED) is 0.895. The molecular weight excluding hydrogens is 264 g/mol. The lowest BCUT2D eigenvalue weighted by Crippen LogP contribution is -2.33. The first kappa shape index (κ1) is 15.8. The van der Waals surface area contributed by atoms with Crippen LogP contribution in [-0.4, -0.2) is 55.6 Å². The van der Waals surface area contributed by atoms with E-state index in [4.69, 9.17) is 0 Å². The van der Waals surface area contributed by atoms with Crippen LogP contribution in [0.15, 0.2) is 18.3 Å². The first-order chi connectivity index (χ1) is 9.97. The molecule has 0 radical (unpaired) electrons. The summed E-state index contributed by atoms with van der Waals surface area (Å²) in [5, 5.41) is 3.03. The summed E-state index contributed by atoms with van der Waals surface area (Å²) in [4.78, 5) is 20.8. The Labute approximate surface area is 127 Å². The van der Waals surface area contributed by atoms with Gasteiger partial charge in [-0.2, -0.15) is 0 Å². The minimum atomic E-state index is -0.0317. The highest BCUT2D eigenvalue weighted by molar-refractivity contribution is 5.94. The van der Waals surface area contributed by atoms with Crippen molar-refractivity contribution >= 4 is 11.7 Å². The number of hydrogen-bond donors (Lipinski definition) is 1. The van der Waals surface area contributed by atoms with Crippen molar-refractivity contribution < 1.29 is 4.79 Å². The molecule has 1 amide bonds. The molecule has 1 saturated heterocycles. The van der Waals surface area contributed by atoms with E-state index in [-0.39, 0.29) is 5.91 Å². The number of carbonyl (C=O) groups excluding carboxylic acids is 1. The molecule has 1 N–H and O–H groups in total. The van der Waals surface area contributed by atoms with Crippen molar-refractivity contribution in [1.82, 2.24) is 15.2 Å². The fraction of sp³-hybridized carbons (Fsp3) is 0.625. The molecule has 1 fully saturated rings. The summed E-state index contributed by atoms with van der Waals surface area (Å²) in [6, 6.07) is 4.28. The number of aromatic nitrogens is 1. The van der Waals surface area contributed by atoms with Gasteiger partial charge < -0.3 is 15.1 Å². The number of amides is 1. The smallest absolute Gasteiger partial charge is 0.252 e. The van der Waals surface area contributed by atoms with Crippen LogP contribution in [-0.2, 0) is 0 Å². The van der Waals surface area contributed by atoms with Gasteiger partial charge >= 0.3 is 0 Å². The summed E-state index contributed by atoms with van der Waals surface area (Å²) in [5.41, 5.74) is 0.624. The van der Waals surface area contributed by atoms with Crippen LogP contribution in [0, 0.1) is 5.92 Å². The van der Waals surface area contributed by atoms with Crippen molar-refractivity contribution in [2.45, 2.75) is 26.3 Å². The Morgan fingerprint density at radius 3 is 2.76 bits per heavy atom. The summed E-state index contributed by atoms with van der Waals surface area (Å²) in [7, 11) is 3.87. The zero-order valence-corrected chi connectivity index (χ0v) is 13.5. The van der Waals surface area contributed by atoms with Gasteiger partial charge in [-0.15, -0.1) is 0 Å². The summed E-state index contributed by atoms with van der Waals surface area (Å²) in [5.74, 6) is 1.39. The van der Waals surface area contributed by atoms with Crippen LogP contribution in [0.5, 0.6) is 0 Å². The Morgan fingerprint density at radius 1 is 1.48 bits per heavy atom. The number of hydrogen-bond acceptors (Lipinski definition) is 4. The number of nitrogens with one attached hydrogen (secondary N) is 1. The van der Waals surface area contributed by atoms with Crippen LogP contribution in [0.2, 0.25) is 0 Å². The van der Waals surface area contributed by atoms with Crippen molar-refractivity contribution in [1.29, 1.82) is 0 Å². The molecular formula is C16H26N4O. The molecule has 0 unspecified atom stereocenters. The lowest BCUT2D eigenvalue weighted by molar-refractivity contribution is 0.0947. The molecule has 1 aromatic heterocycles. The lowest BCUT2D eigenvalue weighted by atomic mass is 10.1. The molecule has 0 saturated carbocycles. The summed E-state index contributed by atoms with van der Waals surface area (Å²) in [6.07, 6.45) is 2.80. The number of likely N-dealkylation sites (tertiary alicyclic amines) is 1. The van der Waals surface area contributed by atoms with Crippen LogP contribution in [0.25, 0.3) is 0 Å². The SMILES string of the molecule is CC(C)N1CC[C@@H](CNC(=O)c2ccc(N(C)C)nc2)C1. The monoisotopic (exact) mass is 290 g/mol. The number of carbonyl (C=O) groups is 1. The maximum Gasteiger partial charge on any atom is 0.252 e. The van der Waals surface area contributed by atoms with E-state index in [0.717, 1.165) is 31.9 Å². The van der Waals surface area contributed by atoms with Crippen LogP contribution in [0.3, 0.4) is 0 Å². The van der Waals surface area contributed by atoms with E-state index in [1.807, 2.05) is 31.1 Å². The second kappa shape index (κ2) is 6.89. The number of rotatable bonds is 5. The second-order valence-electron chi connectivity index (χ2n) is 6.25. The van der Waals surface area contributed by atoms with Gasteiger partial charge in [-0.3, -0.25) is 4.79 Å². The zero-order chi connectivity index (χ0) is 15.4. The molecule has 2 rings (SSSR count). The molecule has 0 spiro atoms. The van der Waals surface area contributed by atoms with Gasteiger partial charge in [-0.1, -0.05) is 0 Å².